The predicted octanol–water partition coefficient (Wildman–Crippen LogP) is 3.50. The van der Waals surface area contributed by atoms with Gasteiger partial charge in [0.2, 0.25) is 0 Å². The molecule has 106 valence electrons. The van der Waals surface area contributed by atoms with Crippen LogP contribution in [0.5, 0.6) is 0 Å². The summed E-state index contributed by atoms with van der Waals surface area (Å²) in [4.78, 5) is 0. The van der Waals surface area contributed by atoms with E-state index in [9.17, 15) is 4.39 Å². The Morgan fingerprint density at radius 1 is 1.42 bits per heavy atom. The van der Waals surface area contributed by atoms with E-state index in [1.807, 2.05) is 6.08 Å². The fourth-order valence-electron chi connectivity index (χ4n) is 3.59. The smallest absolute Gasteiger partial charge is 0.136 e. The first-order valence-corrected chi connectivity index (χ1v) is 7.59. The second-order valence-corrected chi connectivity index (χ2v) is 6.48. The second-order valence-electron chi connectivity index (χ2n) is 6.48. The maximum atomic E-state index is 13.8. The van der Waals surface area contributed by atoms with Crippen LogP contribution < -0.4 is 5.32 Å². The molecule has 2 nitrogen and oxygen atoms in total. The van der Waals surface area contributed by atoms with Crippen molar-refractivity contribution in [2.45, 2.75) is 57.7 Å². The van der Waals surface area contributed by atoms with Gasteiger partial charge in [-0.05, 0) is 43.5 Å². The normalized spacial score (nSPS) is 29.5. The summed E-state index contributed by atoms with van der Waals surface area (Å²) in [5, 5.41) is 3.38. The molecule has 1 atom stereocenters. The Labute approximate surface area is 115 Å². The van der Waals surface area contributed by atoms with Crippen LogP contribution >= 0.6 is 0 Å². The molecule has 0 aromatic rings. The Balaban J connectivity index is 1.95. The molecule has 0 amide bonds. The van der Waals surface area contributed by atoms with Crippen molar-refractivity contribution in [1.29, 1.82) is 0 Å². The molecule has 2 heterocycles. The van der Waals surface area contributed by atoms with E-state index in [1.165, 1.54) is 11.1 Å². The maximum Gasteiger partial charge on any atom is 0.136 e. The number of ether oxygens (including phenoxy) is 1. The number of rotatable bonds is 2. The summed E-state index contributed by atoms with van der Waals surface area (Å²) in [5.41, 5.74) is 2.29. The summed E-state index contributed by atoms with van der Waals surface area (Å²) in [7, 11) is 0. The summed E-state index contributed by atoms with van der Waals surface area (Å²) in [6.07, 6.45) is 5.46. The van der Waals surface area contributed by atoms with Crippen LogP contribution in [-0.4, -0.2) is 24.9 Å². The van der Waals surface area contributed by atoms with Gasteiger partial charge in [0.15, 0.2) is 0 Å². The molecule has 0 bridgehead atoms. The predicted molar refractivity (Wildman–Crippen MR) is 74.6 cm³/mol. The lowest BCUT2D eigenvalue weighted by molar-refractivity contribution is 0.0202. The number of piperidine rings is 1. The van der Waals surface area contributed by atoms with Gasteiger partial charge in [0, 0.05) is 24.8 Å². The van der Waals surface area contributed by atoms with E-state index in [0.717, 1.165) is 44.5 Å². The maximum absolute atomic E-state index is 13.8. The average molecular weight is 265 g/mol. The number of halogens is 1. The first-order chi connectivity index (χ1) is 9.11. The van der Waals surface area contributed by atoms with Crippen LogP contribution in [0.3, 0.4) is 0 Å². The minimum absolute atomic E-state index is 0.213. The van der Waals surface area contributed by atoms with Gasteiger partial charge in [0.25, 0.3) is 0 Å². The molecule has 0 saturated carbocycles. The van der Waals surface area contributed by atoms with Gasteiger partial charge in [-0.1, -0.05) is 13.8 Å². The highest BCUT2D eigenvalue weighted by molar-refractivity contribution is 5.48. The molecule has 3 aliphatic rings. The van der Waals surface area contributed by atoms with Crippen molar-refractivity contribution in [3.05, 3.63) is 23.0 Å². The molecule has 1 fully saturated rings. The van der Waals surface area contributed by atoms with Crippen molar-refractivity contribution >= 4 is 0 Å². The highest BCUT2D eigenvalue weighted by atomic mass is 19.1. The minimum Gasteiger partial charge on any atom is -0.487 e. The van der Waals surface area contributed by atoms with Crippen molar-refractivity contribution in [3.63, 3.8) is 0 Å². The van der Waals surface area contributed by atoms with E-state index in [-0.39, 0.29) is 5.60 Å². The number of nitrogens with one attached hydrogen (secondary N) is 1. The van der Waals surface area contributed by atoms with Crippen LogP contribution in [0.1, 0.15) is 46.0 Å². The molecular formula is C16H24FNO. The topological polar surface area (TPSA) is 21.3 Å². The van der Waals surface area contributed by atoms with Crippen molar-refractivity contribution in [2.24, 2.45) is 5.92 Å². The molecule has 3 heteroatoms. The summed E-state index contributed by atoms with van der Waals surface area (Å²) < 4.78 is 20.2. The lowest BCUT2D eigenvalue weighted by atomic mass is 9.78. The molecule has 0 aromatic heterocycles. The zero-order chi connectivity index (χ0) is 13.5. The van der Waals surface area contributed by atoms with Crippen LogP contribution in [0.15, 0.2) is 23.0 Å². The third-order valence-electron chi connectivity index (χ3n) is 4.49. The van der Waals surface area contributed by atoms with Gasteiger partial charge >= 0.3 is 0 Å². The van der Waals surface area contributed by atoms with Crippen LogP contribution in [-0.2, 0) is 4.74 Å². The molecule has 2 aliphatic heterocycles. The van der Waals surface area contributed by atoms with Crippen LogP contribution in [0.2, 0.25) is 0 Å². The quantitative estimate of drug-likeness (QED) is 0.825. The Kier molecular flexibility index (Phi) is 3.42. The largest absolute Gasteiger partial charge is 0.487 e. The third kappa shape index (κ3) is 2.33. The molecular weight excluding hydrogens is 241 g/mol. The Hall–Kier alpha value is -0.830. The van der Waals surface area contributed by atoms with E-state index in [0.29, 0.717) is 12.3 Å². The van der Waals surface area contributed by atoms with Gasteiger partial charge in [0.05, 0.1) is 0 Å². The standard InChI is InChI=1S/C16H24FNO/c1-11(2)9-15-13-4-3-12(17)10-14(13)16(19-15)5-7-18-8-6-16/h10-12,18H,3-9H2,1-2H3. The number of hydrogen-bond donors (Lipinski definition) is 1. The van der Waals surface area contributed by atoms with E-state index in [1.54, 1.807) is 0 Å². The zero-order valence-corrected chi connectivity index (χ0v) is 12.0. The lowest BCUT2D eigenvalue weighted by Crippen LogP contribution is -2.43. The van der Waals surface area contributed by atoms with Gasteiger partial charge in [0.1, 0.15) is 17.5 Å². The summed E-state index contributed by atoms with van der Waals surface area (Å²) in [6.45, 7) is 6.37. The van der Waals surface area contributed by atoms with Crippen LogP contribution in [0.4, 0.5) is 4.39 Å². The monoisotopic (exact) mass is 265 g/mol. The van der Waals surface area contributed by atoms with Gasteiger partial charge in [-0.25, -0.2) is 4.39 Å². The number of fused-ring (bicyclic) bond motifs is 2. The molecule has 1 aliphatic carbocycles. The molecule has 3 rings (SSSR count). The highest BCUT2D eigenvalue weighted by Gasteiger charge is 2.47. The summed E-state index contributed by atoms with van der Waals surface area (Å²) in [6, 6.07) is 0. The Morgan fingerprint density at radius 2 is 2.16 bits per heavy atom. The molecule has 1 spiro atoms. The molecule has 1 N–H and O–H groups in total. The van der Waals surface area contributed by atoms with Crippen LogP contribution in [0.25, 0.3) is 0 Å². The lowest BCUT2D eigenvalue weighted by Gasteiger charge is -2.36. The Morgan fingerprint density at radius 3 is 2.84 bits per heavy atom. The second kappa shape index (κ2) is 4.93. The van der Waals surface area contributed by atoms with Gasteiger partial charge < -0.3 is 10.1 Å². The van der Waals surface area contributed by atoms with Crippen molar-refractivity contribution in [1.82, 2.24) is 5.32 Å². The van der Waals surface area contributed by atoms with Crippen molar-refractivity contribution in [2.75, 3.05) is 13.1 Å². The number of alkyl halides is 1. The fraction of sp³-hybridized carbons (Fsp3) is 0.750. The molecule has 19 heavy (non-hydrogen) atoms. The number of allylic oxidation sites excluding steroid dienone is 2. The first kappa shape index (κ1) is 13.2. The average Bonchev–Trinajstić information content (AvgIpc) is 2.64. The summed E-state index contributed by atoms with van der Waals surface area (Å²) >= 11 is 0. The van der Waals surface area contributed by atoms with E-state index in [4.69, 9.17) is 4.74 Å². The SMILES string of the molecule is CC(C)CC1=C2CCC(F)C=C2C2(CCNCC2)O1. The Bertz CT molecular complexity index is 418. The molecule has 0 aromatic carbocycles. The molecule has 1 saturated heterocycles. The fourth-order valence-corrected chi connectivity index (χ4v) is 3.59. The molecule has 0 radical (unpaired) electrons. The van der Waals surface area contributed by atoms with Gasteiger partial charge in [-0.15, -0.1) is 0 Å². The molecule has 1 unspecified atom stereocenters. The van der Waals surface area contributed by atoms with E-state index in [2.05, 4.69) is 19.2 Å². The van der Waals surface area contributed by atoms with Crippen molar-refractivity contribution < 1.29 is 9.13 Å². The van der Waals surface area contributed by atoms with Gasteiger partial charge in [-0.3, -0.25) is 0 Å². The van der Waals surface area contributed by atoms with Crippen molar-refractivity contribution in [3.8, 4) is 0 Å². The van der Waals surface area contributed by atoms with Crippen LogP contribution in [0, 0.1) is 5.92 Å². The highest BCUT2D eigenvalue weighted by Crippen LogP contribution is 2.49. The van der Waals surface area contributed by atoms with E-state index >= 15 is 0 Å². The van der Waals surface area contributed by atoms with E-state index < -0.39 is 6.17 Å². The minimum atomic E-state index is -0.785. The number of hydrogen-bond acceptors (Lipinski definition) is 2. The zero-order valence-electron chi connectivity index (χ0n) is 12.0. The van der Waals surface area contributed by atoms with Gasteiger partial charge in [-0.2, -0.15) is 0 Å². The first-order valence-electron chi connectivity index (χ1n) is 7.59. The third-order valence-corrected chi connectivity index (χ3v) is 4.49. The summed E-state index contributed by atoms with van der Waals surface area (Å²) in [5.74, 6) is 1.73.